The summed E-state index contributed by atoms with van der Waals surface area (Å²) in [5.41, 5.74) is 0. The molecule has 1 saturated heterocycles. The van der Waals surface area contributed by atoms with E-state index in [1.165, 1.54) is 17.4 Å². The van der Waals surface area contributed by atoms with Crippen molar-refractivity contribution >= 4 is 34.9 Å². The summed E-state index contributed by atoms with van der Waals surface area (Å²) in [7, 11) is 0. The minimum Gasteiger partial charge on any atom is -0.376 e. The molecule has 1 aromatic heterocycles. The van der Waals surface area contributed by atoms with Crippen LogP contribution in [0.15, 0.2) is 18.2 Å². The molecule has 0 bridgehead atoms. The molecule has 18 heavy (non-hydrogen) atoms. The van der Waals surface area contributed by atoms with Crippen molar-refractivity contribution in [2.24, 2.45) is 0 Å². The number of halogens is 1. The lowest BCUT2D eigenvalue weighted by Gasteiger charge is -2.18. The van der Waals surface area contributed by atoms with E-state index in [0.29, 0.717) is 0 Å². The van der Waals surface area contributed by atoms with Crippen LogP contribution in [0.25, 0.3) is 6.08 Å². The lowest BCUT2D eigenvalue weighted by Crippen LogP contribution is -2.39. The molecule has 1 amide bonds. The summed E-state index contributed by atoms with van der Waals surface area (Å²) >= 11 is 7.26. The molecule has 2 rings (SSSR count). The van der Waals surface area contributed by atoms with Crippen LogP contribution in [0.2, 0.25) is 4.34 Å². The van der Waals surface area contributed by atoms with Crippen molar-refractivity contribution < 1.29 is 9.53 Å². The normalized spacial score (nSPS) is 21.3. The Labute approximate surface area is 116 Å². The maximum absolute atomic E-state index is 11.7. The van der Waals surface area contributed by atoms with E-state index in [-0.39, 0.29) is 18.1 Å². The lowest BCUT2D eigenvalue weighted by molar-refractivity contribution is -0.117. The van der Waals surface area contributed by atoms with Gasteiger partial charge in [0.05, 0.1) is 16.5 Å². The van der Waals surface area contributed by atoms with Crippen LogP contribution in [0.1, 0.15) is 24.6 Å². The Bertz CT molecular complexity index is 438. The fourth-order valence-corrected chi connectivity index (χ4v) is 2.90. The van der Waals surface area contributed by atoms with Gasteiger partial charge in [0.1, 0.15) is 0 Å². The molecular weight excluding hydrogens is 270 g/mol. The zero-order chi connectivity index (χ0) is 13.0. The summed E-state index contributed by atoms with van der Waals surface area (Å²) in [6, 6.07) is 3.76. The number of hydrogen-bond acceptors (Lipinski definition) is 3. The van der Waals surface area contributed by atoms with E-state index < -0.39 is 0 Å². The average Bonchev–Trinajstić information content (AvgIpc) is 2.97. The number of nitrogens with one attached hydrogen (secondary N) is 1. The molecule has 0 aromatic carbocycles. The predicted octanol–water partition coefficient (Wildman–Crippen LogP) is 3.10. The van der Waals surface area contributed by atoms with E-state index in [9.17, 15) is 4.79 Å². The van der Waals surface area contributed by atoms with Gasteiger partial charge < -0.3 is 10.1 Å². The van der Waals surface area contributed by atoms with Crippen molar-refractivity contribution in [1.82, 2.24) is 5.32 Å². The smallest absolute Gasteiger partial charge is 0.244 e. The molecule has 1 aliphatic rings. The zero-order valence-corrected chi connectivity index (χ0v) is 11.8. The maximum Gasteiger partial charge on any atom is 0.244 e. The molecular formula is C13H16ClNO2S. The second kappa shape index (κ2) is 6.36. The Hall–Kier alpha value is -0.840. The first-order valence-corrected chi connectivity index (χ1v) is 7.20. The summed E-state index contributed by atoms with van der Waals surface area (Å²) in [6.07, 6.45) is 5.56. The highest BCUT2D eigenvalue weighted by atomic mass is 35.5. The van der Waals surface area contributed by atoms with Crippen LogP contribution in [-0.2, 0) is 9.53 Å². The van der Waals surface area contributed by atoms with Crippen molar-refractivity contribution in [3.8, 4) is 0 Å². The summed E-state index contributed by atoms with van der Waals surface area (Å²) in [4.78, 5) is 12.7. The molecule has 0 radical (unpaired) electrons. The number of amides is 1. The SMILES string of the molecule is CC(NC(=O)/C=C/c1ccc(Cl)s1)C1CCCO1. The van der Waals surface area contributed by atoms with Crippen LogP contribution >= 0.6 is 22.9 Å². The number of rotatable bonds is 4. The van der Waals surface area contributed by atoms with Gasteiger partial charge in [0.15, 0.2) is 0 Å². The van der Waals surface area contributed by atoms with Gasteiger partial charge in [-0.25, -0.2) is 0 Å². The molecule has 98 valence electrons. The van der Waals surface area contributed by atoms with Gasteiger partial charge in [-0.05, 0) is 38.0 Å². The van der Waals surface area contributed by atoms with Gasteiger partial charge >= 0.3 is 0 Å². The summed E-state index contributed by atoms with van der Waals surface area (Å²) < 4.78 is 6.25. The third-order valence-electron chi connectivity index (χ3n) is 2.89. The highest BCUT2D eigenvalue weighted by Crippen LogP contribution is 2.22. The molecule has 1 N–H and O–H groups in total. The summed E-state index contributed by atoms with van der Waals surface area (Å²) in [5.74, 6) is -0.0949. The van der Waals surface area contributed by atoms with Crippen molar-refractivity contribution in [2.75, 3.05) is 6.61 Å². The monoisotopic (exact) mass is 285 g/mol. The first-order chi connectivity index (χ1) is 8.65. The van der Waals surface area contributed by atoms with Gasteiger partial charge in [0, 0.05) is 17.6 Å². The second-order valence-corrected chi connectivity index (χ2v) is 6.07. The predicted molar refractivity (Wildman–Crippen MR) is 74.9 cm³/mol. The molecule has 0 spiro atoms. The number of carbonyl (C=O) groups is 1. The van der Waals surface area contributed by atoms with Gasteiger partial charge in [-0.2, -0.15) is 0 Å². The molecule has 1 aliphatic heterocycles. The lowest BCUT2D eigenvalue weighted by atomic mass is 10.1. The van der Waals surface area contributed by atoms with Gasteiger partial charge in [0.2, 0.25) is 5.91 Å². The van der Waals surface area contributed by atoms with Gasteiger partial charge in [-0.15, -0.1) is 11.3 Å². The van der Waals surface area contributed by atoms with Gasteiger partial charge in [0.25, 0.3) is 0 Å². The van der Waals surface area contributed by atoms with E-state index >= 15 is 0 Å². The van der Waals surface area contributed by atoms with E-state index in [2.05, 4.69) is 5.32 Å². The molecule has 2 unspecified atom stereocenters. The van der Waals surface area contributed by atoms with Crippen LogP contribution in [0.4, 0.5) is 0 Å². The fourth-order valence-electron chi connectivity index (χ4n) is 1.94. The van der Waals surface area contributed by atoms with Crippen LogP contribution in [0.5, 0.6) is 0 Å². The minimum absolute atomic E-state index is 0.0524. The Balaban J connectivity index is 1.82. The van der Waals surface area contributed by atoms with E-state index in [1.54, 1.807) is 6.08 Å². The first kappa shape index (κ1) is 13.6. The van der Waals surface area contributed by atoms with E-state index in [1.807, 2.05) is 19.1 Å². The maximum atomic E-state index is 11.7. The zero-order valence-electron chi connectivity index (χ0n) is 10.2. The Morgan fingerprint density at radius 2 is 2.50 bits per heavy atom. The Kier molecular flexibility index (Phi) is 4.80. The molecule has 1 aromatic rings. The van der Waals surface area contributed by atoms with Crippen LogP contribution in [-0.4, -0.2) is 24.7 Å². The number of hydrogen-bond donors (Lipinski definition) is 1. The third-order valence-corrected chi connectivity index (χ3v) is 4.08. The van der Waals surface area contributed by atoms with Crippen molar-refractivity contribution in [3.63, 3.8) is 0 Å². The second-order valence-electron chi connectivity index (χ2n) is 4.32. The van der Waals surface area contributed by atoms with Crippen LogP contribution < -0.4 is 5.32 Å². The quantitative estimate of drug-likeness (QED) is 0.864. The molecule has 3 nitrogen and oxygen atoms in total. The Morgan fingerprint density at radius 3 is 3.11 bits per heavy atom. The van der Waals surface area contributed by atoms with E-state index in [0.717, 1.165) is 28.7 Å². The largest absolute Gasteiger partial charge is 0.376 e. The molecule has 2 atom stereocenters. The van der Waals surface area contributed by atoms with Crippen LogP contribution in [0.3, 0.4) is 0 Å². The first-order valence-electron chi connectivity index (χ1n) is 6.00. The molecule has 5 heteroatoms. The minimum atomic E-state index is -0.0949. The molecule has 0 saturated carbocycles. The molecule has 1 fully saturated rings. The van der Waals surface area contributed by atoms with E-state index in [4.69, 9.17) is 16.3 Å². The van der Waals surface area contributed by atoms with Crippen molar-refractivity contribution in [1.29, 1.82) is 0 Å². The van der Waals surface area contributed by atoms with Gasteiger partial charge in [-0.1, -0.05) is 11.6 Å². The highest BCUT2D eigenvalue weighted by Gasteiger charge is 2.22. The van der Waals surface area contributed by atoms with Crippen molar-refractivity contribution in [2.45, 2.75) is 31.9 Å². The van der Waals surface area contributed by atoms with Crippen molar-refractivity contribution in [3.05, 3.63) is 27.4 Å². The summed E-state index contributed by atoms with van der Waals surface area (Å²) in [5, 5.41) is 2.92. The topological polar surface area (TPSA) is 38.3 Å². The number of ether oxygens (including phenoxy) is 1. The summed E-state index contributed by atoms with van der Waals surface area (Å²) in [6.45, 7) is 2.78. The fraction of sp³-hybridized carbons (Fsp3) is 0.462. The average molecular weight is 286 g/mol. The highest BCUT2D eigenvalue weighted by molar-refractivity contribution is 7.17. The number of thiophene rings is 1. The third kappa shape index (κ3) is 3.83. The van der Waals surface area contributed by atoms with Gasteiger partial charge in [-0.3, -0.25) is 4.79 Å². The standard InChI is InChI=1S/C13H16ClNO2S/c1-9(11-3-2-8-17-11)15-13(16)7-5-10-4-6-12(14)18-10/h4-7,9,11H,2-3,8H2,1H3,(H,15,16)/b7-5+. The molecule has 2 heterocycles. The Morgan fingerprint density at radius 1 is 1.67 bits per heavy atom. The van der Waals surface area contributed by atoms with Crippen LogP contribution in [0, 0.1) is 0 Å². The number of carbonyl (C=O) groups excluding carboxylic acids is 1. The molecule has 0 aliphatic carbocycles.